The topological polar surface area (TPSA) is 76.8 Å². The Hall–Kier alpha value is -2.31. The molecule has 0 radical (unpaired) electrons. The molecule has 2 aromatic heterocycles. The largest absolute Gasteiger partial charge is 0.326 e. The van der Waals surface area contributed by atoms with Crippen LogP contribution in [0, 0.1) is 5.92 Å². The van der Waals surface area contributed by atoms with Gasteiger partial charge in [0.05, 0.1) is 6.20 Å². The Morgan fingerprint density at radius 2 is 2.26 bits per heavy atom. The Morgan fingerprint density at radius 3 is 2.95 bits per heavy atom. The van der Waals surface area contributed by atoms with Gasteiger partial charge in [-0.3, -0.25) is 15.3 Å². The van der Waals surface area contributed by atoms with Gasteiger partial charge in [0, 0.05) is 31.9 Å². The van der Waals surface area contributed by atoms with Crippen LogP contribution < -0.4 is 10.6 Å². The third kappa shape index (κ3) is 2.93. The molecule has 2 amide bonds. The molecule has 19 heavy (non-hydrogen) atoms. The Morgan fingerprint density at radius 1 is 1.42 bits per heavy atom. The molecule has 3 rings (SSSR count). The predicted octanol–water partition coefficient (Wildman–Crippen LogP) is 1.67. The van der Waals surface area contributed by atoms with Crippen molar-refractivity contribution < 1.29 is 4.79 Å². The van der Waals surface area contributed by atoms with E-state index >= 15 is 0 Å². The van der Waals surface area contributed by atoms with Crippen molar-refractivity contribution in [2.24, 2.45) is 13.0 Å². The predicted molar refractivity (Wildman–Crippen MR) is 70.8 cm³/mol. The number of carbonyl (C=O) groups excluding carboxylic acids is 1. The molecule has 2 aromatic rings. The summed E-state index contributed by atoms with van der Waals surface area (Å²) in [4.78, 5) is 11.8. The first-order chi connectivity index (χ1) is 9.20. The van der Waals surface area contributed by atoms with Gasteiger partial charge >= 0.3 is 6.03 Å². The van der Waals surface area contributed by atoms with E-state index < -0.39 is 0 Å². The quantitative estimate of drug-likeness (QED) is 0.877. The van der Waals surface area contributed by atoms with Crippen LogP contribution in [-0.4, -0.2) is 25.6 Å². The summed E-state index contributed by atoms with van der Waals surface area (Å²) in [6, 6.07) is 3.22. The van der Waals surface area contributed by atoms with Crippen molar-refractivity contribution >= 4 is 17.7 Å². The number of amides is 2. The van der Waals surface area contributed by atoms with E-state index in [0.29, 0.717) is 17.6 Å². The standard InChI is InChI=1S/C12H16N6O/c1-17-7-5-10(16-17)14-12(19)15-11-4-6-13-18(11)8-9-2-3-9/h4-7,9H,2-3,8H2,1H3,(H2,14,15,16,19). The van der Waals surface area contributed by atoms with Crippen molar-refractivity contribution in [3.8, 4) is 0 Å². The van der Waals surface area contributed by atoms with Crippen LogP contribution in [0.5, 0.6) is 0 Å². The van der Waals surface area contributed by atoms with Gasteiger partial charge in [-0.05, 0) is 18.8 Å². The van der Waals surface area contributed by atoms with E-state index in [0.717, 1.165) is 6.54 Å². The molecule has 1 fully saturated rings. The molecule has 1 aliphatic rings. The SMILES string of the molecule is Cn1ccc(NC(=O)Nc2ccnn2CC2CC2)n1. The van der Waals surface area contributed by atoms with Gasteiger partial charge in [0.25, 0.3) is 0 Å². The number of carbonyl (C=O) groups is 1. The molecule has 0 saturated heterocycles. The minimum absolute atomic E-state index is 0.309. The molecule has 1 aliphatic carbocycles. The van der Waals surface area contributed by atoms with Crippen LogP contribution in [0.15, 0.2) is 24.5 Å². The summed E-state index contributed by atoms with van der Waals surface area (Å²) >= 11 is 0. The van der Waals surface area contributed by atoms with Crippen LogP contribution in [0.3, 0.4) is 0 Å². The Bertz CT molecular complexity index is 583. The lowest BCUT2D eigenvalue weighted by Gasteiger charge is -2.08. The maximum absolute atomic E-state index is 11.8. The number of hydrogen-bond donors (Lipinski definition) is 2. The number of anilines is 2. The number of hydrogen-bond acceptors (Lipinski definition) is 3. The molecule has 7 heteroatoms. The number of aryl methyl sites for hydroxylation is 1. The maximum atomic E-state index is 11.8. The fourth-order valence-electron chi connectivity index (χ4n) is 1.87. The van der Waals surface area contributed by atoms with Gasteiger partial charge < -0.3 is 0 Å². The second kappa shape index (κ2) is 4.75. The molecule has 0 atom stereocenters. The van der Waals surface area contributed by atoms with Crippen LogP contribution in [0.2, 0.25) is 0 Å². The zero-order valence-corrected chi connectivity index (χ0v) is 10.7. The van der Waals surface area contributed by atoms with Crippen molar-refractivity contribution in [3.63, 3.8) is 0 Å². The molecule has 0 unspecified atom stereocenters. The summed E-state index contributed by atoms with van der Waals surface area (Å²) in [6.07, 6.45) is 5.96. The second-order valence-electron chi connectivity index (χ2n) is 4.80. The number of urea groups is 1. The van der Waals surface area contributed by atoms with Crippen LogP contribution in [0.4, 0.5) is 16.4 Å². The summed E-state index contributed by atoms with van der Waals surface area (Å²) in [7, 11) is 1.80. The minimum atomic E-state index is -0.309. The van der Waals surface area contributed by atoms with Crippen LogP contribution in [-0.2, 0) is 13.6 Å². The summed E-state index contributed by atoms with van der Waals surface area (Å²) in [5.41, 5.74) is 0. The van der Waals surface area contributed by atoms with Crippen LogP contribution in [0.25, 0.3) is 0 Å². The summed E-state index contributed by atoms with van der Waals surface area (Å²) < 4.78 is 3.46. The Balaban J connectivity index is 1.60. The first-order valence-electron chi connectivity index (χ1n) is 6.30. The van der Waals surface area contributed by atoms with E-state index in [1.807, 2.05) is 4.68 Å². The molecular formula is C12H16N6O. The summed E-state index contributed by atoms with van der Waals surface area (Å²) in [5, 5.41) is 13.8. The number of aromatic nitrogens is 4. The highest BCUT2D eigenvalue weighted by atomic mass is 16.2. The van der Waals surface area contributed by atoms with Crippen molar-refractivity contribution in [2.45, 2.75) is 19.4 Å². The van der Waals surface area contributed by atoms with Gasteiger partial charge in [-0.2, -0.15) is 10.2 Å². The van der Waals surface area contributed by atoms with Crippen molar-refractivity contribution in [1.29, 1.82) is 0 Å². The maximum Gasteiger partial charge on any atom is 0.326 e. The number of nitrogens with zero attached hydrogens (tertiary/aromatic N) is 4. The summed E-state index contributed by atoms with van der Waals surface area (Å²) in [6.45, 7) is 0.867. The molecule has 2 N–H and O–H groups in total. The van der Waals surface area contributed by atoms with Gasteiger partial charge in [0.1, 0.15) is 5.82 Å². The average molecular weight is 260 g/mol. The molecule has 0 bridgehead atoms. The second-order valence-corrected chi connectivity index (χ2v) is 4.80. The van der Waals surface area contributed by atoms with Crippen LogP contribution >= 0.6 is 0 Å². The molecule has 0 aliphatic heterocycles. The lowest BCUT2D eigenvalue weighted by Crippen LogP contribution is -2.22. The van der Waals surface area contributed by atoms with Gasteiger partial charge in [-0.1, -0.05) is 0 Å². The highest BCUT2D eigenvalue weighted by Crippen LogP contribution is 2.31. The molecule has 0 spiro atoms. The van der Waals surface area contributed by atoms with Gasteiger partial charge in [-0.25, -0.2) is 9.48 Å². The van der Waals surface area contributed by atoms with E-state index in [1.165, 1.54) is 12.8 Å². The summed E-state index contributed by atoms with van der Waals surface area (Å²) in [5.74, 6) is 1.94. The lowest BCUT2D eigenvalue weighted by molar-refractivity contribution is 0.262. The van der Waals surface area contributed by atoms with E-state index in [4.69, 9.17) is 0 Å². The first kappa shape index (κ1) is 11.8. The smallest absolute Gasteiger partial charge is 0.292 e. The minimum Gasteiger partial charge on any atom is -0.292 e. The van der Waals surface area contributed by atoms with Crippen molar-refractivity contribution in [2.75, 3.05) is 10.6 Å². The van der Waals surface area contributed by atoms with Crippen molar-refractivity contribution in [1.82, 2.24) is 19.6 Å². The third-order valence-corrected chi connectivity index (χ3v) is 3.04. The monoisotopic (exact) mass is 260 g/mol. The van der Waals surface area contributed by atoms with Gasteiger partial charge in [0.15, 0.2) is 5.82 Å². The molecule has 100 valence electrons. The van der Waals surface area contributed by atoms with Gasteiger partial charge in [0.2, 0.25) is 0 Å². The Kier molecular flexibility index (Phi) is 2.94. The third-order valence-electron chi connectivity index (χ3n) is 3.04. The molecule has 7 nitrogen and oxygen atoms in total. The molecule has 0 aromatic carbocycles. The molecule has 2 heterocycles. The normalized spacial score (nSPS) is 14.4. The van der Waals surface area contributed by atoms with E-state index in [2.05, 4.69) is 20.8 Å². The van der Waals surface area contributed by atoms with Crippen LogP contribution in [0.1, 0.15) is 12.8 Å². The molecule has 1 saturated carbocycles. The highest BCUT2D eigenvalue weighted by Gasteiger charge is 2.23. The highest BCUT2D eigenvalue weighted by molar-refractivity contribution is 5.98. The average Bonchev–Trinajstić information content (AvgIpc) is 2.93. The van der Waals surface area contributed by atoms with E-state index in [-0.39, 0.29) is 6.03 Å². The van der Waals surface area contributed by atoms with Gasteiger partial charge in [-0.15, -0.1) is 0 Å². The lowest BCUT2D eigenvalue weighted by atomic mass is 10.4. The zero-order valence-electron chi connectivity index (χ0n) is 10.7. The first-order valence-corrected chi connectivity index (χ1v) is 6.30. The fourth-order valence-corrected chi connectivity index (χ4v) is 1.87. The number of rotatable bonds is 4. The van der Waals surface area contributed by atoms with Crippen molar-refractivity contribution in [3.05, 3.63) is 24.5 Å². The van der Waals surface area contributed by atoms with E-state index in [9.17, 15) is 4.79 Å². The van der Waals surface area contributed by atoms with E-state index in [1.54, 1.807) is 36.3 Å². The molecular weight excluding hydrogens is 244 g/mol. The fraction of sp³-hybridized carbons (Fsp3) is 0.417. The number of nitrogens with one attached hydrogen (secondary N) is 2. The zero-order chi connectivity index (χ0) is 13.2. The Labute approximate surface area is 110 Å².